The third-order valence-electron chi connectivity index (χ3n) is 3.80. The Morgan fingerprint density at radius 1 is 0.900 bits per heavy atom. The average Bonchev–Trinajstić information content (AvgIpc) is 2.79. The van der Waals surface area contributed by atoms with Gasteiger partial charge in [0.25, 0.3) is 11.8 Å². The molecule has 2 aromatic rings. The zero-order valence-electron chi connectivity index (χ0n) is 16.8. The van der Waals surface area contributed by atoms with Crippen LogP contribution >= 0.6 is 0 Å². The maximum Gasteiger partial charge on any atom is 0.331 e. The Kier molecular flexibility index (Phi) is 8.25. The predicted octanol–water partition coefficient (Wildman–Crippen LogP) is 1.73. The highest BCUT2D eigenvalue weighted by Crippen LogP contribution is 2.38. The molecule has 9 heteroatoms. The lowest BCUT2D eigenvalue weighted by atomic mass is 10.1. The molecule has 0 bridgehead atoms. The number of amides is 2. The molecule has 0 aliphatic heterocycles. The van der Waals surface area contributed by atoms with Crippen molar-refractivity contribution in [1.29, 1.82) is 0 Å². The van der Waals surface area contributed by atoms with Crippen molar-refractivity contribution < 1.29 is 33.3 Å². The first-order valence-corrected chi connectivity index (χ1v) is 8.77. The van der Waals surface area contributed by atoms with Crippen LogP contribution in [0, 0.1) is 0 Å². The molecule has 0 atom stereocenters. The van der Waals surface area contributed by atoms with Gasteiger partial charge in [0.15, 0.2) is 18.1 Å². The van der Waals surface area contributed by atoms with Crippen LogP contribution in [-0.2, 0) is 14.3 Å². The first kappa shape index (κ1) is 22.3. The van der Waals surface area contributed by atoms with Gasteiger partial charge in [0.05, 0.1) is 21.3 Å². The molecule has 0 aliphatic carbocycles. The quantitative estimate of drug-likeness (QED) is 0.384. The molecule has 0 radical (unpaired) electrons. The number of esters is 1. The van der Waals surface area contributed by atoms with E-state index in [-0.39, 0.29) is 0 Å². The van der Waals surface area contributed by atoms with Crippen molar-refractivity contribution >= 4 is 23.9 Å². The molecule has 0 aromatic heterocycles. The zero-order valence-corrected chi connectivity index (χ0v) is 16.8. The van der Waals surface area contributed by atoms with Gasteiger partial charge in [-0.1, -0.05) is 18.2 Å². The van der Waals surface area contributed by atoms with Gasteiger partial charge in [0.1, 0.15) is 0 Å². The summed E-state index contributed by atoms with van der Waals surface area (Å²) in [6.07, 6.45) is 2.62. The van der Waals surface area contributed by atoms with Crippen LogP contribution in [0.4, 0.5) is 0 Å². The number of carbonyl (C=O) groups excluding carboxylic acids is 3. The summed E-state index contributed by atoms with van der Waals surface area (Å²) in [6.45, 7) is -0.562. The summed E-state index contributed by atoms with van der Waals surface area (Å²) in [7, 11) is 4.45. The smallest absolute Gasteiger partial charge is 0.331 e. The van der Waals surface area contributed by atoms with Gasteiger partial charge in [-0.25, -0.2) is 4.79 Å². The van der Waals surface area contributed by atoms with Crippen LogP contribution in [0.2, 0.25) is 0 Å². The molecule has 2 amide bonds. The van der Waals surface area contributed by atoms with Crippen molar-refractivity contribution in [1.82, 2.24) is 10.9 Å². The summed E-state index contributed by atoms with van der Waals surface area (Å²) in [4.78, 5) is 35.4. The van der Waals surface area contributed by atoms with Crippen LogP contribution in [-0.4, -0.2) is 45.7 Å². The number of hydrazine groups is 1. The van der Waals surface area contributed by atoms with E-state index in [2.05, 4.69) is 10.9 Å². The van der Waals surface area contributed by atoms with E-state index >= 15 is 0 Å². The second-order valence-electron chi connectivity index (χ2n) is 5.77. The lowest BCUT2D eigenvalue weighted by Gasteiger charge is -2.12. The van der Waals surface area contributed by atoms with E-state index in [0.29, 0.717) is 28.4 Å². The van der Waals surface area contributed by atoms with Gasteiger partial charge >= 0.3 is 5.97 Å². The number of hydrogen-bond acceptors (Lipinski definition) is 7. The molecule has 30 heavy (non-hydrogen) atoms. The molecule has 9 nitrogen and oxygen atoms in total. The van der Waals surface area contributed by atoms with E-state index in [1.807, 2.05) is 0 Å². The molecule has 0 saturated carbocycles. The minimum absolute atomic E-state index is 0.378. The monoisotopic (exact) mass is 414 g/mol. The maximum absolute atomic E-state index is 11.8. The van der Waals surface area contributed by atoms with E-state index < -0.39 is 24.4 Å². The number of methoxy groups -OCH3 is 3. The molecule has 2 aromatic carbocycles. The Morgan fingerprint density at radius 2 is 1.53 bits per heavy atom. The fraction of sp³-hybridized carbons (Fsp3) is 0.190. The Balaban J connectivity index is 1.86. The van der Waals surface area contributed by atoms with Crippen LogP contribution in [0.15, 0.2) is 48.5 Å². The lowest BCUT2D eigenvalue weighted by Crippen LogP contribution is -2.43. The number of rotatable bonds is 8. The Hall–Kier alpha value is -4.01. The van der Waals surface area contributed by atoms with E-state index in [0.717, 1.165) is 6.08 Å². The maximum atomic E-state index is 11.8. The Labute approximate surface area is 173 Å². The largest absolute Gasteiger partial charge is 0.493 e. The van der Waals surface area contributed by atoms with Gasteiger partial charge in [-0.2, -0.15) is 0 Å². The van der Waals surface area contributed by atoms with E-state index in [4.69, 9.17) is 18.9 Å². The lowest BCUT2D eigenvalue weighted by molar-refractivity contribution is -0.144. The van der Waals surface area contributed by atoms with Gasteiger partial charge in [-0.05, 0) is 35.9 Å². The van der Waals surface area contributed by atoms with Crippen molar-refractivity contribution in [2.24, 2.45) is 0 Å². The summed E-state index contributed by atoms with van der Waals surface area (Å²) >= 11 is 0. The van der Waals surface area contributed by atoms with Crippen LogP contribution in [0.5, 0.6) is 17.2 Å². The highest BCUT2D eigenvalue weighted by atomic mass is 16.5. The summed E-state index contributed by atoms with van der Waals surface area (Å²) in [5.41, 5.74) is 5.37. The second-order valence-corrected chi connectivity index (χ2v) is 5.77. The van der Waals surface area contributed by atoms with Gasteiger partial charge in [0.2, 0.25) is 5.75 Å². The van der Waals surface area contributed by atoms with Gasteiger partial charge in [-0.15, -0.1) is 0 Å². The molecular weight excluding hydrogens is 392 g/mol. The first-order valence-electron chi connectivity index (χ1n) is 8.77. The summed E-state index contributed by atoms with van der Waals surface area (Å²) < 4.78 is 20.6. The fourth-order valence-electron chi connectivity index (χ4n) is 2.37. The molecule has 158 valence electrons. The van der Waals surface area contributed by atoms with Crippen LogP contribution in [0.1, 0.15) is 15.9 Å². The third kappa shape index (κ3) is 6.26. The number of hydrogen-bond donors (Lipinski definition) is 2. The van der Waals surface area contributed by atoms with Gasteiger partial charge < -0.3 is 18.9 Å². The van der Waals surface area contributed by atoms with Gasteiger partial charge in [-0.3, -0.25) is 20.4 Å². The molecule has 2 N–H and O–H groups in total. The molecular formula is C21H22N2O7. The average molecular weight is 414 g/mol. The number of benzene rings is 2. The first-order chi connectivity index (χ1) is 14.5. The van der Waals surface area contributed by atoms with Crippen LogP contribution < -0.4 is 25.1 Å². The highest BCUT2D eigenvalue weighted by Gasteiger charge is 2.12. The van der Waals surface area contributed by atoms with E-state index in [1.54, 1.807) is 42.5 Å². The summed E-state index contributed by atoms with van der Waals surface area (Å²) in [5, 5.41) is 0. The standard InChI is InChI=1S/C21H22N2O7/c1-27-16-11-14(12-17(28-2)20(16)29-3)9-10-19(25)30-13-18(24)22-23-21(26)15-7-5-4-6-8-15/h4-12H,13H2,1-3H3,(H,22,24)(H,23,26)/b10-9+. The zero-order chi connectivity index (χ0) is 21.9. The normalized spacial score (nSPS) is 10.2. The fourth-order valence-corrected chi connectivity index (χ4v) is 2.37. The molecule has 0 saturated heterocycles. The van der Waals surface area contributed by atoms with E-state index in [9.17, 15) is 14.4 Å². The van der Waals surface area contributed by atoms with Crippen LogP contribution in [0.25, 0.3) is 6.08 Å². The van der Waals surface area contributed by atoms with Crippen molar-refractivity contribution in [3.05, 3.63) is 59.7 Å². The number of carbonyl (C=O) groups is 3. The molecule has 2 rings (SSSR count). The number of ether oxygens (including phenoxy) is 4. The molecule has 0 aliphatic rings. The SMILES string of the molecule is COc1cc(/C=C/C(=O)OCC(=O)NNC(=O)c2ccccc2)cc(OC)c1OC. The van der Waals surface area contributed by atoms with Crippen molar-refractivity contribution in [3.8, 4) is 17.2 Å². The van der Waals surface area contributed by atoms with Crippen molar-refractivity contribution in [2.45, 2.75) is 0 Å². The van der Waals surface area contributed by atoms with Gasteiger partial charge in [0, 0.05) is 11.6 Å². The molecule has 0 heterocycles. The minimum atomic E-state index is -0.742. The van der Waals surface area contributed by atoms with Crippen LogP contribution in [0.3, 0.4) is 0 Å². The molecule has 0 spiro atoms. The molecule has 0 fully saturated rings. The van der Waals surface area contributed by atoms with Crippen molar-refractivity contribution in [3.63, 3.8) is 0 Å². The number of nitrogens with one attached hydrogen (secondary N) is 2. The predicted molar refractivity (Wildman–Crippen MR) is 108 cm³/mol. The second kappa shape index (κ2) is 11.1. The van der Waals surface area contributed by atoms with E-state index in [1.165, 1.54) is 27.4 Å². The Bertz CT molecular complexity index is 901. The van der Waals surface area contributed by atoms with Crippen molar-refractivity contribution in [2.75, 3.05) is 27.9 Å². The topological polar surface area (TPSA) is 112 Å². The Morgan fingerprint density at radius 3 is 2.10 bits per heavy atom. The minimum Gasteiger partial charge on any atom is -0.493 e. The molecule has 0 unspecified atom stereocenters. The summed E-state index contributed by atoms with van der Waals surface area (Å²) in [6, 6.07) is 11.6. The highest BCUT2D eigenvalue weighted by molar-refractivity contribution is 5.95. The summed E-state index contributed by atoms with van der Waals surface area (Å²) in [5.74, 6) is -0.634. The third-order valence-corrected chi connectivity index (χ3v) is 3.80.